The third-order valence-corrected chi connectivity index (χ3v) is 3.25. The molecule has 1 atom stereocenters. The van der Waals surface area contributed by atoms with Gasteiger partial charge < -0.3 is 4.79 Å². The number of alkyl halides is 3. The molecule has 0 aromatic heterocycles. The minimum absolute atomic E-state index is 0.0160. The molecular formula is C15H25F3O. The lowest BCUT2D eigenvalue weighted by atomic mass is 9.96. The Bertz CT molecular complexity index is 259. The molecule has 0 bridgehead atoms. The van der Waals surface area contributed by atoms with E-state index in [4.69, 9.17) is 0 Å². The Labute approximate surface area is 114 Å². The smallest absolute Gasteiger partial charge is 0.300 e. The fourth-order valence-electron chi connectivity index (χ4n) is 2.09. The van der Waals surface area contributed by atoms with Crippen LogP contribution in [0.1, 0.15) is 64.7 Å². The largest absolute Gasteiger partial charge is 0.392 e. The van der Waals surface area contributed by atoms with Crippen molar-refractivity contribution < 1.29 is 18.0 Å². The molecule has 0 aliphatic carbocycles. The van der Waals surface area contributed by atoms with Gasteiger partial charge in [0.15, 0.2) is 0 Å². The number of hydrogen-bond donors (Lipinski definition) is 0. The van der Waals surface area contributed by atoms with Gasteiger partial charge in [-0.3, -0.25) is 0 Å². The molecule has 112 valence electrons. The molecular weight excluding hydrogens is 253 g/mol. The van der Waals surface area contributed by atoms with Crippen molar-refractivity contribution in [2.24, 2.45) is 5.92 Å². The highest BCUT2D eigenvalue weighted by molar-refractivity contribution is 5.75. The maximum absolute atomic E-state index is 12.6. The van der Waals surface area contributed by atoms with Crippen molar-refractivity contribution in [2.45, 2.75) is 70.9 Å². The first-order valence-electron chi connectivity index (χ1n) is 7.05. The molecule has 1 nitrogen and oxygen atoms in total. The molecule has 0 spiro atoms. The first-order chi connectivity index (χ1) is 8.88. The van der Waals surface area contributed by atoms with Crippen LogP contribution in [0.4, 0.5) is 13.2 Å². The van der Waals surface area contributed by atoms with Crippen molar-refractivity contribution >= 4 is 5.78 Å². The van der Waals surface area contributed by atoms with Gasteiger partial charge >= 0.3 is 6.18 Å². The van der Waals surface area contributed by atoms with Crippen molar-refractivity contribution in [2.75, 3.05) is 0 Å². The lowest BCUT2D eigenvalue weighted by Gasteiger charge is -2.18. The van der Waals surface area contributed by atoms with E-state index in [1.165, 1.54) is 6.08 Å². The van der Waals surface area contributed by atoms with Crippen LogP contribution < -0.4 is 0 Å². The predicted octanol–water partition coefficient (Wildman–Crippen LogP) is 5.45. The molecule has 0 radical (unpaired) electrons. The second-order valence-electron chi connectivity index (χ2n) is 5.12. The third-order valence-electron chi connectivity index (χ3n) is 3.25. The van der Waals surface area contributed by atoms with Crippen LogP contribution in [0.2, 0.25) is 0 Å². The van der Waals surface area contributed by atoms with Gasteiger partial charge in [0.1, 0.15) is 5.78 Å². The second kappa shape index (κ2) is 10.0. The molecule has 0 aliphatic heterocycles. The number of Topliss-reactive ketones (excluding diaryl/α,β-unsaturated/α-hetero) is 1. The van der Waals surface area contributed by atoms with Gasteiger partial charge in [0.2, 0.25) is 0 Å². The fourth-order valence-corrected chi connectivity index (χ4v) is 2.09. The minimum atomic E-state index is -4.10. The Morgan fingerprint density at radius 3 is 2.11 bits per heavy atom. The molecule has 0 aromatic rings. The first kappa shape index (κ1) is 18.2. The van der Waals surface area contributed by atoms with Gasteiger partial charge in [0.05, 0.1) is 5.92 Å². The Balaban J connectivity index is 3.55. The van der Waals surface area contributed by atoms with E-state index in [2.05, 4.69) is 6.58 Å². The lowest BCUT2D eigenvalue weighted by Crippen LogP contribution is -2.22. The third kappa shape index (κ3) is 10.8. The zero-order chi connectivity index (χ0) is 14.7. The highest BCUT2D eigenvalue weighted by Gasteiger charge is 2.37. The normalized spacial score (nSPS) is 13.3. The zero-order valence-corrected chi connectivity index (χ0v) is 11.8. The van der Waals surface area contributed by atoms with E-state index in [1.807, 2.05) is 0 Å². The highest BCUT2D eigenvalue weighted by atomic mass is 19.4. The van der Waals surface area contributed by atoms with Gasteiger partial charge in [0.25, 0.3) is 0 Å². The molecule has 0 unspecified atom stereocenters. The van der Waals surface area contributed by atoms with Gasteiger partial charge in [0, 0.05) is 6.42 Å². The molecule has 0 rings (SSSR count). The molecule has 0 amide bonds. The SMILES string of the molecule is C=CC[C@@H](CCCCCCCCC(C)=O)C(F)(F)F. The molecule has 0 fully saturated rings. The molecule has 0 aliphatic rings. The second-order valence-corrected chi connectivity index (χ2v) is 5.12. The summed E-state index contributed by atoms with van der Waals surface area (Å²) in [5, 5.41) is 0. The summed E-state index contributed by atoms with van der Waals surface area (Å²) in [4.78, 5) is 10.7. The summed E-state index contributed by atoms with van der Waals surface area (Å²) in [6.45, 7) is 4.96. The zero-order valence-electron chi connectivity index (χ0n) is 11.8. The number of unbranched alkanes of at least 4 members (excludes halogenated alkanes) is 5. The van der Waals surface area contributed by atoms with E-state index in [-0.39, 0.29) is 18.6 Å². The molecule has 0 heterocycles. The van der Waals surface area contributed by atoms with Crippen molar-refractivity contribution in [1.82, 2.24) is 0 Å². The highest BCUT2D eigenvalue weighted by Crippen LogP contribution is 2.33. The fraction of sp³-hybridized carbons (Fsp3) is 0.800. The van der Waals surface area contributed by atoms with Crippen molar-refractivity contribution in [1.29, 1.82) is 0 Å². The Morgan fingerprint density at radius 2 is 1.63 bits per heavy atom. The van der Waals surface area contributed by atoms with Crippen molar-refractivity contribution in [3.63, 3.8) is 0 Å². The van der Waals surface area contributed by atoms with E-state index in [1.54, 1.807) is 6.92 Å². The Kier molecular flexibility index (Phi) is 9.62. The summed E-state index contributed by atoms with van der Waals surface area (Å²) in [5.74, 6) is -1.03. The number of ketones is 1. The number of rotatable bonds is 11. The Morgan fingerprint density at radius 1 is 1.11 bits per heavy atom. The van der Waals surface area contributed by atoms with Crippen LogP contribution in [0.5, 0.6) is 0 Å². The van der Waals surface area contributed by atoms with Crippen LogP contribution in [0, 0.1) is 5.92 Å². The summed E-state index contributed by atoms with van der Waals surface area (Å²) in [6, 6.07) is 0. The molecule has 0 saturated heterocycles. The average molecular weight is 278 g/mol. The van der Waals surface area contributed by atoms with Crippen LogP contribution in [0.3, 0.4) is 0 Å². The lowest BCUT2D eigenvalue weighted by molar-refractivity contribution is -0.175. The molecule has 4 heteroatoms. The van der Waals surface area contributed by atoms with Crippen LogP contribution in [0.15, 0.2) is 12.7 Å². The maximum atomic E-state index is 12.6. The Hall–Kier alpha value is -0.800. The summed E-state index contributed by atoms with van der Waals surface area (Å²) >= 11 is 0. The average Bonchev–Trinajstić information content (AvgIpc) is 2.29. The quantitative estimate of drug-likeness (QED) is 0.363. The summed E-state index contributed by atoms with van der Waals surface area (Å²) in [7, 11) is 0. The molecule has 19 heavy (non-hydrogen) atoms. The van der Waals surface area contributed by atoms with Crippen LogP contribution in [-0.2, 0) is 4.79 Å². The van der Waals surface area contributed by atoms with E-state index >= 15 is 0 Å². The number of hydrogen-bond acceptors (Lipinski definition) is 1. The topological polar surface area (TPSA) is 17.1 Å². The number of carbonyl (C=O) groups excluding carboxylic acids is 1. The number of allylic oxidation sites excluding steroid dienone is 1. The van der Waals surface area contributed by atoms with Crippen LogP contribution >= 0.6 is 0 Å². The van der Waals surface area contributed by atoms with E-state index in [0.717, 1.165) is 32.1 Å². The van der Waals surface area contributed by atoms with Gasteiger partial charge in [-0.2, -0.15) is 13.2 Å². The number of halogens is 3. The summed E-state index contributed by atoms with van der Waals surface area (Å²) < 4.78 is 37.7. The standard InChI is InChI=1S/C15H25F3O/c1-3-10-14(15(16,17)18)12-9-7-5-4-6-8-11-13(2)19/h3,14H,1,4-12H2,2H3/t14-/m0/s1. The number of carbonyl (C=O) groups is 1. The van der Waals surface area contributed by atoms with Crippen LogP contribution in [-0.4, -0.2) is 12.0 Å². The molecule has 0 N–H and O–H groups in total. The summed E-state index contributed by atoms with van der Waals surface area (Å²) in [6.07, 6.45) is 3.39. The molecule has 0 saturated carbocycles. The van der Waals surface area contributed by atoms with E-state index in [9.17, 15) is 18.0 Å². The molecule has 0 aromatic carbocycles. The predicted molar refractivity (Wildman–Crippen MR) is 72.0 cm³/mol. The van der Waals surface area contributed by atoms with Crippen molar-refractivity contribution in [3.8, 4) is 0 Å². The first-order valence-corrected chi connectivity index (χ1v) is 7.05. The van der Waals surface area contributed by atoms with Gasteiger partial charge in [-0.1, -0.05) is 38.2 Å². The van der Waals surface area contributed by atoms with Gasteiger partial charge in [-0.15, -0.1) is 6.58 Å². The monoisotopic (exact) mass is 278 g/mol. The van der Waals surface area contributed by atoms with E-state index < -0.39 is 12.1 Å². The maximum Gasteiger partial charge on any atom is 0.392 e. The van der Waals surface area contributed by atoms with Gasteiger partial charge in [-0.05, 0) is 26.2 Å². The summed E-state index contributed by atoms with van der Waals surface area (Å²) in [5.41, 5.74) is 0. The van der Waals surface area contributed by atoms with Gasteiger partial charge in [-0.25, -0.2) is 0 Å². The van der Waals surface area contributed by atoms with E-state index in [0.29, 0.717) is 12.8 Å². The van der Waals surface area contributed by atoms with Crippen LogP contribution in [0.25, 0.3) is 0 Å². The minimum Gasteiger partial charge on any atom is -0.300 e. The van der Waals surface area contributed by atoms with Crippen molar-refractivity contribution in [3.05, 3.63) is 12.7 Å².